The minimum atomic E-state index is -0.249. The van der Waals surface area contributed by atoms with E-state index in [0.29, 0.717) is 0 Å². The van der Waals surface area contributed by atoms with Crippen molar-refractivity contribution in [3.8, 4) is 22.3 Å². The summed E-state index contributed by atoms with van der Waals surface area (Å²) in [6, 6.07) is 30.2. The highest BCUT2D eigenvalue weighted by Crippen LogP contribution is 2.55. The van der Waals surface area contributed by atoms with Crippen LogP contribution in [0.25, 0.3) is 22.3 Å². The first kappa shape index (κ1) is 19.2. The van der Waals surface area contributed by atoms with Gasteiger partial charge < -0.3 is 0 Å². The van der Waals surface area contributed by atoms with Crippen LogP contribution >= 0.6 is 23.2 Å². The van der Waals surface area contributed by atoms with Crippen LogP contribution in [0.3, 0.4) is 0 Å². The second-order valence-corrected chi connectivity index (χ2v) is 9.93. The van der Waals surface area contributed by atoms with Gasteiger partial charge in [-0.1, -0.05) is 98.8 Å². The first-order chi connectivity index (χ1) is 15.0. The lowest BCUT2D eigenvalue weighted by molar-refractivity contribution is 0.627. The highest BCUT2D eigenvalue weighted by Gasteiger charge is 2.39. The summed E-state index contributed by atoms with van der Waals surface area (Å²) in [6.07, 6.45) is 0. The normalized spacial score (nSPS) is 18.3. The van der Waals surface area contributed by atoms with Crippen molar-refractivity contribution in [1.82, 2.24) is 0 Å². The van der Waals surface area contributed by atoms with Gasteiger partial charge >= 0.3 is 0 Å². The summed E-state index contributed by atoms with van der Waals surface area (Å²) in [6.45, 7) is 4.61. The molecule has 2 atom stereocenters. The molecular formula is C29H22Cl2. The van der Waals surface area contributed by atoms with Gasteiger partial charge in [0, 0.05) is 5.41 Å². The Morgan fingerprint density at radius 1 is 0.516 bits per heavy atom. The number of fused-ring (bicyclic) bond motifs is 6. The first-order valence-electron chi connectivity index (χ1n) is 10.7. The fourth-order valence-corrected chi connectivity index (χ4v) is 6.47. The standard InChI is InChI=1S/C29H22Cl2/c1-29(2,23-15-7-13-19-17-9-3-5-11-21(17)27(30)25(19)23)24-16-8-14-20-18-10-4-6-12-22(18)28(31)26(20)24/h3-16,27-28H,1-2H3. The molecule has 0 spiro atoms. The summed E-state index contributed by atoms with van der Waals surface area (Å²) in [5.41, 5.74) is 12.1. The topological polar surface area (TPSA) is 0 Å². The molecule has 31 heavy (non-hydrogen) atoms. The van der Waals surface area contributed by atoms with Crippen molar-refractivity contribution in [2.45, 2.75) is 30.0 Å². The zero-order valence-corrected chi connectivity index (χ0v) is 19.0. The highest BCUT2D eigenvalue weighted by atomic mass is 35.5. The van der Waals surface area contributed by atoms with Crippen LogP contribution in [0, 0.1) is 0 Å². The van der Waals surface area contributed by atoms with Gasteiger partial charge in [-0.3, -0.25) is 0 Å². The summed E-state index contributed by atoms with van der Waals surface area (Å²) in [4.78, 5) is 0. The van der Waals surface area contributed by atoms with Crippen LogP contribution < -0.4 is 0 Å². The predicted molar refractivity (Wildman–Crippen MR) is 131 cm³/mol. The third-order valence-electron chi connectivity index (χ3n) is 7.11. The quantitative estimate of drug-likeness (QED) is 0.273. The molecule has 4 aromatic rings. The van der Waals surface area contributed by atoms with E-state index in [9.17, 15) is 0 Å². The Morgan fingerprint density at radius 3 is 1.35 bits per heavy atom. The van der Waals surface area contributed by atoms with Gasteiger partial charge in [-0.25, -0.2) is 0 Å². The zero-order chi connectivity index (χ0) is 21.3. The Hall–Kier alpha value is -2.54. The summed E-state index contributed by atoms with van der Waals surface area (Å²) >= 11 is 14.1. The van der Waals surface area contributed by atoms with E-state index in [0.717, 1.165) is 0 Å². The molecule has 2 aliphatic rings. The summed E-state index contributed by atoms with van der Waals surface area (Å²) in [5, 5.41) is -0.273. The number of hydrogen-bond acceptors (Lipinski definition) is 0. The minimum absolute atomic E-state index is 0.137. The zero-order valence-electron chi connectivity index (χ0n) is 17.5. The molecule has 0 fully saturated rings. The molecular weight excluding hydrogens is 419 g/mol. The van der Waals surface area contributed by atoms with E-state index in [2.05, 4.69) is 98.8 Å². The molecule has 0 amide bonds. The molecule has 2 aliphatic carbocycles. The number of rotatable bonds is 2. The lowest BCUT2D eigenvalue weighted by Gasteiger charge is -2.32. The minimum Gasteiger partial charge on any atom is -0.113 e. The summed E-state index contributed by atoms with van der Waals surface area (Å²) in [5.74, 6) is 0. The fraction of sp³-hybridized carbons (Fsp3) is 0.172. The Bertz CT molecular complexity index is 1250. The Kier molecular flexibility index (Phi) is 4.16. The van der Waals surface area contributed by atoms with Gasteiger partial charge in [0.2, 0.25) is 0 Å². The molecule has 2 heteroatoms. The van der Waals surface area contributed by atoms with E-state index in [1.54, 1.807) is 0 Å². The van der Waals surface area contributed by atoms with Crippen LogP contribution in [0.2, 0.25) is 0 Å². The van der Waals surface area contributed by atoms with Crippen molar-refractivity contribution in [2.24, 2.45) is 0 Å². The van der Waals surface area contributed by atoms with Crippen LogP contribution in [-0.2, 0) is 5.41 Å². The predicted octanol–water partition coefficient (Wildman–Crippen LogP) is 8.63. The van der Waals surface area contributed by atoms with E-state index >= 15 is 0 Å². The van der Waals surface area contributed by atoms with Crippen LogP contribution in [0.5, 0.6) is 0 Å². The smallest absolute Gasteiger partial charge is 0.0850 e. The molecule has 0 aromatic heterocycles. The fourth-order valence-electron chi connectivity index (χ4n) is 5.62. The lowest BCUT2D eigenvalue weighted by Crippen LogP contribution is -2.23. The van der Waals surface area contributed by atoms with Gasteiger partial charge in [-0.15, -0.1) is 23.2 Å². The van der Waals surface area contributed by atoms with Gasteiger partial charge in [-0.05, 0) is 55.6 Å². The summed E-state index contributed by atoms with van der Waals surface area (Å²) in [7, 11) is 0. The maximum atomic E-state index is 7.06. The maximum Gasteiger partial charge on any atom is 0.0850 e. The molecule has 0 bridgehead atoms. The molecule has 0 saturated heterocycles. The van der Waals surface area contributed by atoms with Gasteiger partial charge in [0.1, 0.15) is 0 Å². The molecule has 2 unspecified atom stereocenters. The summed E-state index contributed by atoms with van der Waals surface area (Å²) < 4.78 is 0. The number of halogens is 2. The van der Waals surface area contributed by atoms with Gasteiger partial charge in [-0.2, -0.15) is 0 Å². The van der Waals surface area contributed by atoms with E-state index in [1.807, 2.05) is 0 Å². The molecule has 0 nitrogen and oxygen atoms in total. The Labute approximate surface area is 193 Å². The van der Waals surface area contributed by atoms with Gasteiger partial charge in [0.05, 0.1) is 10.8 Å². The first-order valence-corrected chi connectivity index (χ1v) is 11.6. The molecule has 0 radical (unpaired) electrons. The van der Waals surface area contributed by atoms with E-state index in [1.165, 1.54) is 55.6 Å². The highest BCUT2D eigenvalue weighted by molar-refractivity contribution is 6.25. The number of hydrogen-bond donors (Lipinski definition) is 0. The van der Waals surface area contributed by atoms with Crippen molar-refractivity contribution in [3.63, 3.8) is 0 Å². The van der Waals surface area contributed by atoms with Crippen molar-refractivity contribution in [3.05, 3.63) is 118 Å². The SMILES string of the molecule is CC(C)(c1cccc2c1C(Cl)c1ccccc1-2)c1cccc2c1C(Cl)c1ccccc1-2. The largest absolute Gasteiger partial charge is 0.113 e. The third kappa shape index (κ3) is 2.56. The van der Waals surface area contributed by atoms with Crippen molar-refractivity contribution in [2.75, 3.05) is 0 Å². The molecule has 0 saturated carbocycles. The Balaban J connectivity index is 1.57. The van der Waals surface area contributed by atoms with Crippen LogP contribution in [0.15, 0.2) is 84.9 Å². The second kappa shape index (κ2) is 6.73. The Morgan fingerprint density at radius 2 is 0.903 bits per heavy atom. The molecule has 4 aromatic carbocycles. The van der Waals surface area contributed by atoms with Crippen molar-refractivity contribution < 1.29 is 0 Å². The van der Waals surface area contributed by atoms with Crippen molar-refractivity contribution >= 4 is 23.2 Å². The molecule has 0 aliphatic heterocycles. The van der Waals surface area contributed by atoms with Crippen LogP contribution in [0.1, 0.15) is 58.0 Å². The monoisotopic (exact) mass is 440 g/mol. The average Bonchev–Trinajstić information content (AvgIpc) is 3.26. The molecule has 152 valence electrons. The van der Waals surface area contributed by atoms with Crippen LogP contribution in [-0.4, -0.2) is 0 Å². The average molecular weight is 441 g/mol. The van der Waals surface area contributed by atoms with Crippen molar-refractivity contribution in [1.29, 1.82) is 0 Å². The van der Waals surface area contributed by atoms with Gasteiger partial charge in [0.15, 0.2) is 0 Å². The lowest BCUT2D eigenvalue weighted by atomic mass is 9.72. The second-order valence-electron chi connectivity index (χ2n) is 9.06. The third-order valence-corrected chi connectivity index (χ3v) is 8.02. The molecule has 0 heterocycles. The maximum absolute atomic E-state index is 7.06. The molecule has 0 N–H and O–H groups in total. The van der Waals surface area contributed by atoms with E-state index in [-0.39, 0.29) is 16.2 Å². The van der Waals surface area contributed by atoms with Crippen LogP contribution in [0.4, 0.5) is 0 Å². The van der Waals surface area contributed by atoms with E-state index in [4.69, 9.17) is 23.2 Å². The van der Waals surface area contributed by atoms with Gasteiger partial charge in [0.25, 0.3) is 0 Å². The number of benzene rings is 4. The number of alkyl halides is 2. The molecule has 6 rings (SSSR count). The van der Waals surface area contributed by atoms with E-state index < -0.39 is 0 Å².